The van der Waals surface area contributed by atoms with E-state index in [2.05, 4.69) is 4.98 Å². The zero-order chi connectivity index (χ0) is 9.42. The molecule has 0 bridgehead atoms. The monoisotopic (exact) mass is 195 g/mol. The first-order valence-corrected chi connectivity index (χ1v) is 4.47. The van der Waals surface area contributed by atoms with Crippen molar-refractivity contribution in [3.05, 3.63) is 34.5 Å². The van der Waals surface area contributed by atoms with Crippen molar-refractivity contribution in [2.24, 2.45) is 0 Å². The summed E-state index contributed by atoms with van der Waals surface area (Å²) in [4.78, 5) is 3.06. The molecule has 2 N–H and O–H groups in total. The fraction of sp³-hybridized carbons (Fsp3) is 0.200. The molecule has 1 heterocycles. The molecule has 3 heteroatoms. The molecule has 2 rings (SSSR count). The van der Waals surface area contributed by atoms with Crippen LogP contribution in [0.4, 0.5) is 0 Å². The van der Waals surface area contributed by atoms with Crippen LogP contribution in [0, 0.1) is 6.92 Å². The van der Waals surface area contributed by atoms with Gasteiger partial charge in [0.1, 0.15) is 0 Å². The van der Waals surface area contributed by atoms with Crippen LogP contribution in [-0.2, 0) is 6.61 Å². The Morgan fingerprint density at radius 1 is 1.38 bits per heavy atom. The summed E-state index contributed by atoms with van der Waals surface area (Å²) in [7, 11) is 0. The highest BCUT2D eigenvalue weighted by Crippen LogP contribution is 2.25. The third kappa shape index (κ3) is 1.43. The number of aromatic nitrogens is 1. The van der Waals surface area contributed by atoms with Crippen molar-refractivity contribution >= 4 is 22.5 Å². The number of benzene rings is 1. The fourth-order valence-corrected chi connectivity index (χ4v) is 1.81. The van der Waals surface area contributed by atoms with Crippen LogP contribution in [0.5, 0.6) is 0 Å². The van der Waals surface area contributed by atoms with E-state index in [1.54, 1.807) is 0 Å². The minimum Gasteiger partial charge on any atom is -0.390 e. The summed E-state index contributed by atoms with van der Waals surface area (Å²) >= 11 is 6.02. The first kappa shape index (κ1) is 8.60. The third-order valence-electron chi connectivity index (χ3n) is 2.05. The Morgan fingerprint density at radius 2 is 2.15 bits per heavy atom. The number of rotatable bonds is 1. The maximum absolute atomic E-state index is 8.92. The molecule has 0 saturated carbocycles. The molecule has 2 aromatic rings. The molecule has 13 heavy (non-hydrogen) atoms. The van der Waals surface area contributed by atoms with Crippen molar-refractivity contribution in [1.82, 2.24) is 4.98 Å². The van der Waals surface area contributed by atoms with Crippen molar-refractivity contribution in [3.63, 3.8) is 0 Å². The largest absolute Gasteiger partial charge is 0.390 e. The number of fused-ring (bicyclic) bond motifs is 1. The Hall–Kier alpha value is -0.990. The summed E-state index contributed by atoms with van der Waals surface area (Å²) in [5, 5.41) is 10.7. The van der Waals surface area contributed by atoms with Crippen LogP contribution in [0.15, 0.2) is 18.2 Å². The summed E-state index contributed by atoms with van der Waals surface area (Å²) in [6, 6.07) is 5.85. The molecule has 0 aliphatic heterocycles. The number of H-pyrrole nitrogens is 1. The van der Waals surface area contributed by atoms with Gasteiger partial charge in [-0.1, -0.05) is 11.6 Å². The van der Waals surface area contributed by atoms with Gasteiger partial charge in [-0.05, 0) is 30.7 Å². The Labute approximate surface area is 81.1 Å². The number of halogens is 1. The maximum atomic E-state index is 8.92. The predicted octanol–water partition coefficient (Wildman–Crippen LogP) is 2.62. The van der Waals surface area contributed by atoms with Gasteiger partial charge in [0.25, 0.3) is 0 Å². The molecule has 68 valence electrons. The van der Waals surface area contributed by atoms with Crippen LogP contribution in [-0.4, -0.2) is 10.1 Å². The van der Waals surface area contributed by atoms with Gasteiger partial charge in [-0.25, -0.2) is 0 Å². The SMILES string of the molecule is Cc1cc(Cl)c2[nH]c(CO)cc2c1. The van der Waals surface area contributed by atoms with E-state index in [9.17, 15) is 0 Å². The zero-order valence-electron chi connectivity index (χ0n) is 7.26. The number of aliphatic hydroxyl groups is 1. The van der Waals surface area contributed by atoms with E-state index in [1.807, 2.05) is 25.1 Å². The van der Waals surface area contributed by atoms with Crippen LogP contribution in [0.2, 0.25) is 5.02 Å². The molecule has 1 aromatic heterocycles. The lowest BCUT2D eigenvalue weighted by Crippen LogP contribution is -1.79. The molecule has 0 atom stereocenters. The van der Waals surface area contributed by atoms with Gasteiger partial charge in [0.15, 0.2) is 0 Å². The van der Waals surface area contributed by atoms with E-state index in [4.69, 9.17) is 16.7 Å². The molecular formula is C10H10ClNO. The third-order valence-corrected chi connectivity index (χ3v) is 2.35. The maximum Gasteiger partial charge on any atom is 0.0831 e. The first-order valence-electron chi connectivity index (χ1n) is 4.09. The lowest BCUT2D eigenvalue weighted by atomic mass is 10.2. The predicted molar refractivity (Wildman–Crippen MR) is 54.0 cm³/mol. The number of aliphatic hydroxyl groups excluding tert-OH is 1. The number of aromatic amines is 1. The molecule has 0 amide bonds. The minimum atomic E-state index is 0.0179. The lowest BCUT2D eigenvalue weighted by Gasteiger charge is -1.95. The van der Waals surface area contributed by atoms with Crippen LogP contribution < -0.4 is 0 Å². The second-order valence-corrected chi connectivity index (χ2v) is 3.57. The highest BCUT2D eigenvalue weighted by Gasteiger charge is 2.03. The average molecular weight is 196 g/mol. The topological polar surface area (TPSA) is 36.0 Å². The summed E-state index contributed by atoms with van der Waals surface area (Å²) < 4.78 is 0. The standard InChI is InChI=1S/C10H10ClNO/c1-6-2-7-4-8(5-13)12-10(7)9(11)3-6/h2-4,12-13H,5H2,1H3. The molecular weight excluding hydrogens is 186 g/mol. The van der Waals surface area contributed by atoms with E-state index < -0.39 is 0 Å². The second kappa shape index (κ2) is 3.05. The Kier molecular flexibility index (Phi) is 2.02. The van der Waals surface area contributed by atoms with Crippen LogP contribution in [0.1, 0.15) is 11.3 Å². The summed E-state index contributed by atoms with van der Waals surface area (Å²) in [5.41, 5.74) is 2.82. The zero-order valence-corrected chi connectivity index (χ0v) is 8.02. The van der Waals surface area contributed by atoms with Gasteiger partial charge in [-0.2, -0.15) is 0 Å². The van der Waals surface area contributed by atoms with Gasteiger partial charge < -0.3 is 10.1 Å². The number of hydrogen-bond acceptors (Lipinski definition) is 1. The van der Waals surface area contributed by atoms with E-state index >= 15 is 0 Å². The lowest BCUT2D eigenvalue weighted by molar-refractivity contribution is 0.278. The normalized spacial score (nSPS) is 11.0. The fourth-order valence-electron chi connectivity index (χ4n) is 1.48. The molecule has 0 aliphatic rings. The molecule has 0 saturated heterocycles. The van der Waals surface area contributed by atoms with Gasteiger partial charge in [-0.15, -0.1) is 0 Å². The van der Waals surface area contributed by atoms with Crippen LogP contribution >= 0.6 is 11.6 Å². The summed E-state index contributed by atoms with van der Waals surface area (Å²) in [5.74, 6) is 0. The Morgan fingerprint density at radius 3 is 2.85 bits per heavy atom. The van der Waals surface area contributed by atoms with Gasteiger partial charge in [0, 0.05) is 11.1 Å². The summed E-state index contributed by atoms with van der Waals surface area (Å²) in [6.45, 7) is 2.01. The highest BCUT2D eigenvalue weighted by atomic mass is 35.5. The van der Waals surface area contributed by atoms with Gasteiger partial charge >= 0.3 is 0 Å². The van der Waals surface area contributed by atoms with Gasteiger partial charge in [0.05, 0.1) is 17.1 Å². The van der Waals surface area contributed by atoms with E-state index in [0.29, 0.717) is 5.02 Å². The Balaban J connectivity index is 2.75. The number of aryl methyl sites for hydroxylation is 1. The molecule has 2 nitrogen and oxygen atoms in total. The molecule has 0 aliphatic carbocycles. The number of nitrogens with one attached hydrogen (secondary N) is 1. The smallest absolute Gasteiger partial charge is 0.0831 e. The van der Waals surface area contributed by atoms with Crippen molar-refractivity contribution in [2.75, 3.05) is 0 Å². The van der Waals surface area contributed by atoms with E-state index in [1.165, 1.54) is 0 Å². The van der Waals surface area contributed by atoms with E-state index in [0.717, 1.165) is 22.2 Å². The molecule has 0 fully saturated rings. The van der Waals surface area contributed by atoms with E-state index in [-0.39, 0.29) is 6.61 Å². The van der Waals surface area contributed by atoms with Crippen molar-refractivity contribution in [3.8, 4) is 0 Å². The molecule has 0 spiro atoms. The quantitative estimate of drug-likeness (QED) is 0.721. The van der Waals surface area contributed by atoms with Crippen molar-refractivity contribution in [1.29, 1.82) is 0 Å². The first-order chi connectivity index (χ1) is 6.20. The molecule has 1 aromatic carbocycles. The second-order valence-electron chi connectivity index (χ2n) is 3.16. The Bertz CT molecular complexity index is 447. The van der Waals surface area contributed by atoms with Crippen molar-refractivity contribution < 1.29 is 5.11 Å². The minimum absolute atomic E-state index is 0.0179. The van der Waals surface area contributed by atoms with Gasteiger partial charge in [-0.3, -0.25) is 0 Å². The molecule has 0 radical (unpaired) electrons. The average Bonchev–Trinajstić information content (AvgIpc) is 2.47. The van der Waals surface area contributed by atoms with Crippen LogP contribution in [0.25, 0.3) is 10.9 Å². The summed E-state index contributed by atoms with van der Waals surface area (Å²) in [6.07, 6.45) is 0. The highest BCUT2D eigenvalue weighted by molar-refractivity contribution is 6.35. The molecule has 0 unspecified atom stereocenters. The number of hydrogen-bond donors (Lipinski definition) is 2. The van der Waals surface area contributed by atoms with Crippen molar-refractivity contribution in [2.45, 2.75) is 13.5 Å². The van der Waals surface area contributed by atoms with Gasteiger partial charge in [0.2, 0.25) is 0 Å². The van der Waals surface area contributed by atoms with Crippen LogP contribution in [0.3, 0.4) is 0 Å².